The highest BCUT2D eigenvalue weighted by Crippen LogP contribution is 2.42. The third kappa shape index (κ3) is 2.85. The Labute approximate surface area is 143 Å². The molecular weight excluding hydrogens is 304 g/mol. The van der Waals surface area contributed by atoms with E-state index in [1.807, 2.05) is 6.92 Å². The summed E-state index contributed by atoms with van der Waals surface area (Å²) in [6.45, 7) is 5.47. The summed E-state index contributed by atoms with van der Waals surface area (Å²) in [4.78, 5) is 17.9. The Morgan fingerprint density at radius 2 is 1.96 bits per heavy atom. The van der Waals surface area contributed by atoms with Gasteiger partial charge in [-0.05, 0) is 45.6 Å². The molecule has 1 atom stereocenters. The Morgan fingerprint density at radius 3 is 2.71 bits per heavy atom. The van der Waals surface area contributed by atoms with Gasteiger partial charge in [0.05, 0.1) is 5.41 Å². The molecule has 0 aromatic carbocycles. The summed E-state index contributed by atoms with van der Waals surface area (Å²) in [6, 6.07) is 0.499. The van der Waals surface area contributed by atoms with Crippen LogP contribution in [0.5, 0.6) is 0 Å². The normalized spacial score (nSPS) is 29.7. The van der Waals surface area contributed by atoms with E-state index in [1.54, 1.807) is 0 Å². The molecule has 0 radical (unpaired) electrons. The minimum atomic E-state index is -0.152. The first-order chi connectivity index (χ1) is 11.7. The molecule has 6 heteroatoms. The van der Waals surface area contributed by atoms with Crippen molar-refractivity contribution in [1.29, 1.82) is 0 Å². The highest BCUT2D eigenvalue weighted by atomic mass is 16.6. The number of hydrogen-bond acceptors (Lipinski definition) is 5. The molecule has 2 aliphatic heterocycles. The van der Waals surface area contributed by atoms with Gasteiger partial charge in [0.2, 0.25) is 5.91 Å². The van der Waals surface area contributed by atoms with Crippen molar-refractivity contribution in [3.05, 3.63) is 11.4 Å². The van der Waals surface area contributed by atoms with E-state index in [-0.39, 0.29) is 5.41 Å². The third-order valence-corrected chi connectivity index (χ3v) is 6.34. The van der Waals surface area contributed by atoms with Crippen LogP contribution in [0.2, 0.25) is 0 Å². The topological polar surface area (TPSA) is 62.5 Å². The van der Waals surface area contributed by atoms with Crippen LogP contribution in [0.15, 0.2) is 4.63 Å². The Bertz CT molecular complexity index is 596. The summed E-state index contributed by atoms with van der Waals surface area (Å²) in [5.74, 6) is 0.429. The Balaban J connectivity index is 1.44. The fourth-order valence-corrected chi connectivity index (χ4v) is 4.92. The van der Waals surface area contributed by atoms with Gasteiger partial charge in [0.15, 0.2) is 0 Å². The van der Waals surface area contributed by atoms with Gasteiger partial charge in [-0.15, -0.1) is 0 Å². The summed E-state index contributed by atoms with van der Waals surface area (Å²) < 4.78 is 4.81. The first-order valence-electron chi connectivity index (χ1n) is 9.49. The van der Waals surface area contributed by atoms with Crippen molar-refractivity contribution in [1.82, 2.24) is 20.1 Å². The number of carbonyl (C=O) groups is 1. The maximum atomic E-state index is 13.3. The predicted molar refractivity (Wildman–Crippen MR) is 89.2 cm³/mol. The van der Waals surface area contributed by atoms with Gasteiger partial charge in [-0.3, -0.25) is 9.69 Å². The largest absolute Gasteiger partial charge is 0.339 e. The van der Waals surface area contributed by atoms with E-state index in [1.165, 1.54) is 32.1 Å². The van der Waals surface area contributed by atoms with E-state index in [4.69, 9.17) is 4.63 Å². The molecule has 132 valence electrons. The van der Waals surface area contributed by atoms with Gasteiger partial charge in [0.25, 0.3) is 0 Å². The molecule has 2 saturated heterocycles. The van der Waals surface area contributed by atoms with Crippen LogP contribution in [0, 0.1) is 12.3 Å². The molecule has 0 N–H and O–H groups in total. The maximum absolute atomic E-state index is 13.3. The monoisotopic (exact) mass is 332 g/mol. The summed E-state index contributed by atoms with van der Waals surface area (Å²) >= 11 is 0. The number of aryl methyl sites for hydroxylation is 1. The maximum Gasteiger partial charge on any atom is 0.230 e. The highest BCUT2D eigenvalue weighted by molar-refractivity contribution is 5.84. The van der Waals surface area contributed by atoms with Crippen LogP contribution in [-0.4, -0.2) is 51.7 Å². The summed E-state index contributed by atoms with van der Waals surface area (Å²) in [5, 5.41) is 7.86. The molecule has 6 nitrogen and oxygen atoms in total. The standard InChI is InChI=1S/C18H28N4O2/c1-14-16(20-24-19-14)12-21-11-9-18(13-21)8-5-10-22(17(18)23)15-6-3-2-4-7-15/h15H,2-13H2,1H3/t18-/m0/s1. The SMILES string of the molecule is Cc1nonc1CN1CC[C@@]2(CCCN(C3CCCCC3)C2=O)C1. The smallest absolute Gasteiger partial charge is 0.230 e. The second kappa shape index (κ2) is 6.47. The summed E-state index contributed by atoms with van der Waals surface area (Å²) in [7, 11) is 0. The lowest BCUT2D eigenvalue weighted by atomic mass is 9.77. The van der Waals surface area contributed by atoms with Crippen LogP contribution in [0.3, 0.4) is 0 Å². The van der Waals surface area contributed by atoms with Gasteiger partial charge >= 0.3 is 0 Å². The first kappa shape index (κ1) is 16.1. The number of piperidine rings is 1. The van der Waals surface area contributed by atoms with Crippen LogP contribution >= 0.6 is 0 Å². The molecule has 3 fully saturated rings. The minimum absolute atomic E-state index is 0.152. The van der Waals surface area contributed by atoms with Crippen LogP contribution in [-0.2, 0) is 11.3 Å². The quantitative estimate of drug-likeness (QED) is 0.851. The lowest BCUT2D eigenvalue weighted by molar-refractivity contribution is -0.149. The number of hydrogen-bond donors (Lipinski definition) is 0. The molecule has 3 heterocycles. The molecular formula is C18H28N4O2. The van der Waals surface area contributed by atoms with Gasteiger partial charge in [-0.25, -0.2) is 4.63 Å². The van der Waals surface area contributed by atoms with E-state index in [2.05, 4.69) is 20.1 Å². The van der Waals surface area contributed by atoms with Crippen molar-refractivity contribution >= 4 is 5.91 Å². The number of amides is 1. The van der Waals surface area contributed by atoms with E-state index in [0.29, 0.717) is 11.9 Å². The lowest BCUT2D eigenvalue weighted by Gasteiger charge is -2.44. The van der Waals surface area contributed by atoms with Gasteiger partial charge in [-0.2, -0.15) is 0 Å². The molecule has 1 spiro atoms. The van der Waals surface area contributed by atoms with Crippen LogP contribution in [0.25, 0.3) is 0 Å². The molecule has 3 aliphatic rings. The first-order valence-corrected chi connectivity index (χ1v) is 9.49. The Hall–Kier alpha value is -1.43. The van der Waals surface area contributed by atoms with Gasteiger partial charge in [0.1, 0.15) is 11.4 Å². The number of rotatable bonds is 3. The van der Waals surface area contributed by atoms with E-state index in [0.717, 1.165) is 56.8 Å². The Morgan fingerprint density at radius 1 is 1.12 bits per heavy atom. The average molecular weight is 332 g/mol. The number of aromatic nitrogens is 2. The molecule has 1 aromatic heterocycles. The molecule has 0 bridgehead atoms. The van der Waals surface area contributed by atoms with Crippen molar-refractivity contribution < 1.29 is 9.42 Å². The van der Waals surface area contributed by atoms with Gasteiger partial charge < -0.3 is 4.90 Å². The van der Waals surface area contributed by atoms with Crippen molar-refractivity contribution in [2.24, 2.45) is 5.41 Å². The zero-order valence-electron chi connectivity index (χ0n) is 14.7. The van der Waals surface area contributed by atoms with Crippen molar-refractivity contribution in [3.8, 4) is 0 Å². The van der Waals surface area contributed by atoms with E-state index in [9.17, 15) is 4.79 Å². The summed E-state index contributed by atoms with van der Waals surface area (Å²) in [5.41, 5.74) is 1.61. The second-order valence-electron chi connectivity index (χ2n) is 7.93. The van der Waals surface area contributed by atoms with E-state index < -0.39 is 0 Å². The lowest BCUT2D eigenvalue weighted by Crippen LogP contribution is -2.54. The number of likely N-dealkylation sites (tertiary alicyclic amines) is 2. The molecule has 4 rings (SSSR count). The third-order valence-electron chi connectivity index (χ3n) is 6.34. The van der Waals surface area contributed by atoms with Gasteiger partial charge in [-0.1, -0.05) is 29.6 Å². The summed E-state index contributed by atoms with van der Waals surface area (Å²) in [6.07, 6.45) is 9.49. The molecule has 1 saturated carbocycles. The van der Waals surface area contributed by atoms with E-state index >= 15 is 0 Å². The highest BCUT2D eigenvalue weighted by Gasteiger charge is 2.49. The average Bonchev–Trinajstić information content (AvgIpc) is 3.19. The fourth-order valence-electron chi connectivity index (χ4n) is 4.92. The molecule has 1 aromatic rings. The molecule has 1 aliphatic carbocycles. The van der Waals surface area contributed by atoms with Crippen LogP contribution in [0.1, 0.15) is 62.8 Å². The van der Waals surface area contributed by atoms with Crippen molar-refractivity contribution in [2.75, 3.05) is 19.6 Å². The van der Waals surface area contributed by atoms with Gasteiger partial charge in [0, 0.05) is 25.7 Å². The molecule has 0 unspecified atom stereocenters. The number of carbonyl (C=O) groups excluding carboxylic acids is 1. The minimum Gasteiger partial charge on any atom is -0.339 e. The fraction of sp³-hybridized carbons (Fsp3) is 0.833. The van der Waals surface area contributed by atoms with Crippen molar-refractivity contribution in [2.45, 2.75) is 70.9 Å². The molecule has 24 heavy (non-hydrogen) atoms. The predicted octanol–water partition coefficient (Wildman–Crippen LogP) is 2.53. The zero-order valence-corrected chi connectivity index (χ0v) is 14.7. The van der Waals surface area contributed by atoms with Crippen molar-refractivity contribution in [3.63, 3.8) is 0 Å². The Kier molecular flexibility index (Phi) is 4.33. The van der Waals surface area contributed by atoms with Crippen LogP contribution in [0.4, 0.5) is 0 Å². The number of nitrogens with zero attached hydrogens (tertiary/aromatic N) is 4. The zero-order chi connectivity index (χ0) is 16.6. The second-order valence-corrected chi connectivity index (χ2v) is 7.93. The molecule has 1 amide bonds. The van der Waals surface area contributed by atoms with Crippen LogP contribution < -0.4 is 0 Å².